The number of nitrogens with zero attached hydrogens (tertiary/aromatic N) is 1. The van der Waals surface area contributed by atoms with Crippen LogP contribution in [0.2, 0.25) is 0 Å². The summed E-state index contributed by atoms with van der Waals surface area (Å²) in [6, 6.07) is 0. The molecule has 0 heterocycles. The largest absolute Gasteiger partial charge is 0.397 e. The van der Waals surface area contributed by atoms with Crippen molar-refractivity contribution in [2.45, 2.75) is 45.4 Å². The fourth-order valence-electron chi connectivity index (χ4n) is 1.05. The van der Waals surface area contributed by atoms with Crippen LogP contribution in [0.5, 0.6) is 0 Å². The van der Waals surface area contributed by atoms with Crippen LogP contribution in [-0.4, -0.2) is 43.9 Å². The number of unbranched alkanes of at least 4 members (excludes halogenated alkanes) is 5. The van der Waals surface area contributed by atoms with Gasteiger partial charge in [0.05, 0.1) is 6.61 Å². The van der Waals surface area contributed by atoms with Crippen LogP contribution >= 0.6 is 0 Å². The van der Waals surface area contributed by atoms with E-state index in [4.69, 9.17) is 9.76 Å². The van der Waals surface area contributed by atoms with E-state index < -0.39 is 10.4 Å². The Kier molecular flexibility index (Phi) is 13.8. The summed E-state index contributed by atoms with van der Waals surface area (Å²) >= 11 is 0. The zero-order chi connectivity index (χ0) is 13.7. The van der Waals surface area contributed by atoms with Gasteiger partial charge in [-0.2, -0.15) is 13.5 Å². The number of rotatable bonds is 8. The van der Waals surface area contributed by atoms with Gasteiger partial charge in [-0.1, -0.05) is 39.0 Å². The fourth-order valence-corrected chi connectivity index (χ4v) is 1.38. The molecule has 6 nitrogen and oxygen atoms in total. The Morgan fingerprint density at radius 2 is 1.47 bits per heavy atom. The molecule has 0 aromatic carbocycles. The second-order valence-corrected chi connectivity index (χ2v) is 4.96. The molecule has 0 saturated carbocycles. The third kappa shape index (κ3) is 31.3. The first-order valence-corrected chi connectivity index (χ1v) is 7.14. The monoisotopic (exact) mass is 271 g/mol. The zero-order valence-corrected chi connectivity index (χ0v) is 11.7. The van der Waals surface area contributed by atoms with Crippen LogP contribution in [0, 0.1) is 0 Å². The van der Waals surface area contributed by atoms with Gasteiger partial charge in [0.25, 0.3) is 0 Å². The molecular weight excluding hydrogens is 246 g/mol. The van der Waals surface area contributed by atoms with Crippen LogP contribution in [0.25, 0.3) is 0 Å². The second kappa shape index (κ2) is 12.3. The minimum Gasteiger partial charge on any atom is -0.315 e. The molecule has 7 heteroatoms. The summed E-state index contributed by atoms with van der Waals surface area (Å²) in [5.41, 5.74) is 0. The van der Waals surface area contributed by atoms with Crippen molar-refractivity contribution in [2.75, 3.05) is 20.7 Å². The summed E-state index contributed by atoms with van der Waals surface area (Å²) in [5, 5.41) is 8.89. The van der Waals surface area contributed by atoms with Crippen LogP contribution in [-0.2, 0) is 14.6 Å². The Labute approximate surface area is 104 Å². The number of hydrogen-bond acceptors (Lipinski definition) is 5. The molecule has 0 aromatic heterocycles. The van der Waals surface area contributed by atoms with E-state index >= 15 is 0 Å². The van der Waals surface area contributed by atoms with Crippen molar-refractivity contribution in [3.8, 4) is 0 Å². The molecule has 0 aliphatic heterocycles. The molecule has 0 aliphatic carbocycles. The molecule has 0 atom stereocenters. The van der Waals surface area contributed by atoms with E-state index in [-0.39, 0.29) is 6.61 Å². The molecule has 0 radical (unpaired) electrons. The van der Waals surface area contributed by atoms with Gasteiger partial charge in [0, 0.05) is 14.1 Å². The van der Waals surface area contributed by atoms with Crippen LogP contribution in [0.4, 0.5) is 0 Å². The van der Waals surface area contributed by atoms with Crippen LogP contribution in [0.3, 0.4) is 0 Å². The summed E-state index contributed by atoms with van der Waals surface area (Å²) in [6.07, 6.45) is 6.34. The second-order valence-electron chi connectivity index (χ2n) is 3.86. The smallest absolute Gasteiger partial charge is 0.315 e. The quantitative estimate of drug-likeness (QED) is 0.399. The lowest BCUT2D eigenvalue weighted by Gasteiger charge is -2.00. The number of hydroxylamine groups is 2. The van der Waals surface area contributed by atoms with Crippen molar-refractivity contribution in [3.63, 3.8) is 0 Å². The predicted octanol–water partition coefficient (Wildman–Crippen LogP) is 2.10. The summed E-state index contributed by atoms with van der Waals surface area (Å²) in [6.45, 7) is 2.23. The van der Waals surface area contributed by atoms with Gasteiger partial charge in [-0.15, -0.1) is 0 Å². The SMILES string of the molecule is CCCCCCCCOS(=O)(=O)O.CN(C)O. The van der Waals surface area contributed by atoms with Crippen LogP contribution in [0.15, 0.2) is 0 Å². The van der Waals surface area contributed by atoms with Gasteiger partial charge in [0.15, 0.2) is 0 Å². The minimum atomic E-state index is -4.22. The van der Waals surface area contributed by atoms with Gasteiger partial charge in [-0.05, 0) is 6.42 Å². The van der Waals surface area contributed by atoms with Gasteiger partial charge in [-0.25, -0.2) is 4.18 Å². The summed E-state index contributed by atoms with van der Waals surface area (Å²) in [5.74, 6) is 0. The van der Waals surface area contributed by atoms with E-state index in [1.165, 1.54) is 19.3 Å². The van der Waals surface area contributed by atoms with Crippen molar-refractivity contribution in [1.82, 2.24) is 5.06 Å². The molecule has 17 heavy (non-hydrogen) atoms. The molecule has 0 aliphatic rings. The maximum absolute atomic E-state index is 10.1. The highest BCUT2D eigenvalue weighted by molar-refractivity contribution is 7.80. The molecule has 0 saturated heterocycles. The molecule has 0 amide bonds. The topological polar surface area (TPSA) is 87.1 Å². The standard InChI is InChI=1S/C8H18O4S.C2H7NO/c1-2-3-4-5-6-7-8-12-13(9,10)11;1-3(2)4/h2-8H2,1H3,(H,9,10,11);4H,1-2H3. The average Bonchev–Trinajstić information content (AvgIpc) is 2.14. The molecule has 0 bridgehead atoms. The molecule has 0 aromatic rings. The van der Waals surface area contributed by atoms with Crippen molar-refractivity contribution in [2.24, 2.45) is 0 Å². The Hall–Kier alpha value is -0.210. The minimum absolute atomic E-state index is 0.0883. The third-order valence-corrected chi connectivity index (χ3v) is 2.19. The lowest BCUT2D eigenvalue weighted by atomic mass is 10.1. The van der Waals surface area contributed by atoms with E-state index in [1.54, 1.807) is 14.1 Å². The molecule has 106 valence electrons. The summed E-state index contributed by atoms with van der Waals surface area (Å²) in [7, 11) is -1.11. The first-order valence-electron chi connectivity index (χ1n) is 5.77. The van der Waals surface area contributed by atoms with Gasteiger partial charge in [-0.3, -0.25) is 4.55 Å². The van der Waals surface area contributed by atoms with E-state index in [2.05, 4.69) is 11.1 Å². The van der Waals surface area contributed by atoms with Crippen molar-refractivity contribution in [3.05, 3.63) is 0 Å². The fraction of sp³-hybridized carbons (Fsp3) is 1.00. The highest BCUT2D eigenvalue weighted by Gasteiger charge is 2.02. The van der Waals surface area contributed by atoms with E-state index in [0.717, 1.165) is 17.9 Å². The van der Waals surface area contributed by atoms with Crippen molar-refractivity contribution in [1.29, 1.82) is 0 Å². The highest BCUT2D eigenvalue weighted by atomic mass is 32.3. The summed E-state index contributed by atoms with van der Waals surface area (Å²) in [4.78, 5) is 0. The molecular formula is C10H25NO5S. The van der Waals surface area contributed by atoms with Gasteiger partial charge >= 0.3 is 10.4 Å². The molecule has 0 fully saturated rings. The Morgan fingerprint density at radius 1 is 1.06 bits per heavy atom. The zero-order valence-electron chi connectivity index (χ0n) is 10.9. The maximum Gasteiger partial charge on any atom is 0.397 e. The Morgan fingerprint density at radius 3 is 1.88 bits per heavy atom. The molecule has 0 spiro atoms. The van der Waals surface area contributed by atoms with Gasteiger partial charge in [0.1, 0.15) is 0 Å². The van der Waals surface area contributed by atoms with Gasteiger partial charge < -0.3 is 5.21 Å². The van der Waals surface area contributed by atoms with Crippen LogP contribution < -0.4 is 0 Å². The van der Waals surface area contributed by atoms with Crippen molar-refractivity contribution < 1.29 is 22.4 Å². The van der Waals surface area contributed by atoms with Crippen LogP contribution in [0.1, 0.15) is 45.4 Å². The van der Waals surface area contributed by atoms with E-state index in [1.807, 2.05) is 0 Å². The average molecular weight is 271 g/mol. The maximum atomic E-state index is 10.1. The van der Waals surface area contributed by atoms with Gasteiger partial charge in [0.2, 0.25) is 0 Å². The third-order valence-electron chi connectivity index (χ3n) is 1.73. The first kappa shape index (κ1) is 19.1. The van der Waals surface area contributed by atoms with E-state index in [0.29, 0.717) is 6.42 Å². The molecule has 0 unspecified atom stereocenters. The highest BCUT2D eigenvalue weighted by Crippen LogP contribution is 2.05. The predicted molar refractivity (Wildman–Crippen MR) is 66.4 cm³/mol. The lowest BCUT2D eigenvalue weighted by Crippen LogP contribution is -2.04. The van der Waals surface area contributed by atoms with Crippen molar-refractivity contribution >= 4 is 10.4 Å². The first-order chi connectivity index (χ1) is 7.79. The van der Waals surface area contributed by atoms with E-state index in [9.17, 15) is 8.42 Å². The molecule has 2 N–H and O–H groups in total. The normalized spacial score (nSPS) is 11.2. The Balaban J connectivity index is 0. The lowest BCUT2D eigenvalue weighted by molar-refractivity contribution is -0.0372. The molecule has 0 rings (SSSR count). The summed E-state index contributed by atoms with van der Waals surface area (Å²) < 4.78 is 32.6. The Bertz CT molecular complexity index is 238. The number of hydrogen-bond donors (Lipinski definition) is 2.